The summed E-state index contributed by atoms with van der Waals surface area (Å²) in [6.07, 6.45) is 2.26. The number of benzene rings is 1. The summed E-state index contributed by atoms with van der Waals surface area (Å²) in [5.41, 5.74) is 7.32. The Kier molecular flexibility index (Phi) is 4.75. The van der Waals surface area contributed by atoms with Crippen LogP contribution in [0.3, 0.4) is 0 Å². The topological polar surface area (TPSA) is 27.7 Å². The number of rotatable bonds is 0. The van der Waals surface area contributed by atoms with Gasteiger partial charge in [0.1, 0.15) is 0 Å². The molecule has 3 rings (SSSR count). The summed E-state index contributed by atoms with van der Waals surface area (Å²) >= 11 is 0. The third kappa shape index (κ3) is 3.31. The molecule has 1 aliphatic heterocycles. The maximum Gasteiger partial charge on any atom is 0.177 e. The second-order valence-electron chi connectivity index (χ2n) is 10.3. The van der Waals surface area contributed by atoms with Crippen LogP contribution in [0.15, 0.2) is 29.0 Å². The first kappa shape index (κ1) is 20.0. The van der Waals surface area contributed by atoms with E-state index in [1.54, 1.807) is 0 Å². The molecule has 0 fully saturated rings. The van der Waals surface area contributed by atoms with E-state index in [1.165, 1.54) is 27.8 Å². The Bertz CT molecular complexity index is 829. The van der Waals surface area contributed by atoms with Gasteiger partial charge in [-0.25, -0.2) is 0 Å². The standard InChI is InChI=1S/C24H34O3/c1-13-11-17(23(5,6)7)21-19(15(13)3)20-16(4)14(2)12-18(24(8,9)10)22(20)26-27-25-21/h11-12,15,19H,1-10H3. The van der Waals surface area contributed by atoms with Gasteiger partial charge in [0, 0.05) is 21.7 Å². The molecule has 0 amide bonds. The molecule has 27 heavy (non-hydrogen) atoms. The maximum absolute atomic E-state index is 5.82. The second-order valence-corrected chi connectivity index (χ2v) is 10.3. The molecule has 0 spiro atoms. The fraction of sp³-hybridized carbons (Fsp3) is 0.583. The van der Waals surface area contributed by atoms with Crippen LogP contribution in [0.4, 0.5) is 0 Å². The molecule has 0 aromatic heterocycles. The summed E-state index contributed by atoms with van der Waals surface area (Å²) in [6, 6.07) is 2.23. The van der Waals surface area contributed by atoms with Gasteiger partial charge in [0.05, 0.1) is 5.92 Å². The van der Waals surface area contributed by atoms with Crippen LogP contribution in [0.25, 0.3) is 0 Å². The van der Waals surface area contributed by atoms with Crippen molar-refractivity contribution in [2.75, 3.05) is 0 Å². The summed E-state index contributed by atoms with van der Waals surface area (Å²) in [5, 5.41) is 5.34. The molecule has 2 aliphatic rings. The number of hydrogen-bond acceptors (Lipinski definition) is 3. The van der Waals surface area contributed by atoms with E-state index in [2.05, 4.69) is 81.4 Å². The van der Waals surface area contributed by atoms with E-state index in [0.717, 1.165) is 17.1 Å². The molecule has 1 aromatic rings. The van der Waals surface area contributed by atoms with Crippen molar-refractivity contribution < 1.29 is 14.8 Å². The monoisotopic (exact) mass is 370 g/mol. The lowest BCUT2D eigenvalue weighted by molar-refractivity contribution is -0.445. The van der Waals surface area contributed by atoms with Gasteiger partial charge in [0.25, 0.3) is 0 Å². The van der Waals surface area contributed by atoms with E-state index in [0.29, 0.717) is 5.92 Å². The lowest BCUT2D eigenvalue weighted by Gasteiger charge is -2.35. The zero-order chi connectivity index (χ0) is 20.3. The summed E-state index contributed by atoms with van der Waals surface area (Å²) in [6.45, 7) is 22.1. The van der Waals surface area contributed by atoms with Gasteiger partial charge >= 0.3 is 0 Å². The minimum atomic E-state index is -0.0598. The number of allylic oxidation sites excluding steroid dienone is 4. The van der Waals surface area contributed by atoms with Gasteiger partial charge < -0.3 is 4.89 Å². The van der Waals surface area contributed by atoms with E-state index < -0.39 is 0 Å². The average molecular weight is 371 g/mol. The zero-order valence-corrected chi connectivity index (χ0v) is 18.5. The summed E-state index contributed by atoms with van der Waals surface area (Å²) in [4.78, 5) is 11.6. The van der Waals surface area contributed by atoms with Crippen LogP contribution in [0.5, 0.6) is 5.75 Å². The van der Waals surface area contributed by atoms with E-state index >= 15 is 0 Å². The van der Waals surface area contributed by atoms with E-state index in [4.69, 9.17) is 14.8 Å². The Labute approximate surface area is 164 Å². The van der Waals surface area contributed by atoms with Gasteiger partial charge in [-0.05, 0) is 48.6 Å². The van der Waals surface area contributed by atoms with Crippen molar-refractivity contribution >= 4 is 0 Å². The van der Waals surface area contributed by atoms with Gasteiger partial charge in [-0.3, -0.25) is 4.89 Å². The molecule has 1 heterocycles. The first-order chi connectivity index (χ1) is 12.3. The van der Waals surface area contributed by atoms with E-state index in [1.807, 2.05) is 0 Å². The Morgan fingerprint density at radius 1 is 0.889 bits per heavy atom. The molecule has 3 heteroatoms. The summed E-state index contributed by atoms with van der Waals surface area (Å²) in [7, 11) is 0. The molecule has 0 saturated heterocycles. The molecule has 3 nitrogen and oxygen atoms in total. The Hall–Kier alpha value is -1.74. The maximum atomic E-state index is 5.82. The fourth-order valence-corrected chi connectivity index (χ4v) is 4.18. The molecule has 148 valence electrons. The van der Waals surface area contributed by atoms with Crippen molar-refractivity contribution in [1.82, 2.24) is 0 Å². The highest BCUT2D eigenvalue weighted by atomic mass is 17.5. The first-order valence-electron chi connectivity index (χ1n) is 9.92. The molecule has 0 bridgehead atoms. The second kappa shape index (κ2) is 6.41. The minimum absolute atomic E-state index is 0.0482. The SMILES string of the molecule is CC1=CC(C(C)(C)C)=C2OOOc3c(C(C)(C)C)cc(C)c(C)c3C2C1C. The lowest BCUT2D eigenvalue weighted by atomic mass is 9.69. The fourth-order valence-electron chi connectivity index (χ4n) is 4.18. The Balaban J connectivity index is 2.38. The third-order valence-corrected chi connectivity index (χ3v) is 6.15. The summed E-state index contributed by atoms with van der Waals surface area (Å²) < 4.78 is 0. The zero-order valence-electron chi connectivity index (χ0n) is 18.5. The first-order valence-corrected chi connectivity index (χ1v) is 9.92. The third-order valence-electron chi connectivity index (χ3n) is 6.15. The largest absolute Gasteiger partial charge is 0.303 e. The normalized spacial score (nSPS) is 23.0. The molecule has 2 unspecified atom stereocenters. The predicted molar refractivity (Wildman–Crippen MR) is 110 cm³/mol. The Morgan fingerprint density at radius 2 is 1.52 bits per heavy atom. The number of fused-ring (bicyclic) bond motifs is 3. The average Bonchev–Trinajstić information content (AvgIpc) is 2.72. The van der Waals surface area contributed by atoms with Crippen LogP contribution in [0, 0.1) is 25.2 Å². The van der Waals surface area contributed by atoms with Gasteiger partial charge in [-0.2, -0.15) is 0 Å². The van der Waals surface area contributed by atoms with E-state index in [9.17, 15) is 0 Å². The van der Waals surface area contributed by atoms with Crippen LogP contribution in [0.1, 0.15) is 83.6 Å². The van der Waals surface area contributed by atoms with Crippen molar-refractivity contribution in [3.05, 3.63) is 51.3 Å². The van der Waals surface area contributed by atoms with Crippen molar-refractivity contribution in [2.45, 2.75) is 80.6 Å². The highest BCUT2D eigenvalue weighted by molar-refractivity contribution is 5.58. The molecule has 0 radical (unpaired) electrons. The van der Waals surface area contributed by atoms with Crippen LogP contribution in [-0.4, -0.2) is 0 Å². The highest BCUT2D eigenvalue weighted by Gasteiger charge is 2.42. The summed E-state index contributed by atoms with van der Waals surface area (Å²) in [5.74, 6) is 2.10. The highest BCUT2D eigenvalue weighted by Crippen LogP contribution is 2.53. The van der Waals surface area contributed by atoms with Gasteiger partial charge in [-0.15, -0.1) is 0 Å². The molecular weight excluding hydrogens is 336 g/mol. The quantitative estimate of drug-likeness (QED) is 0.468. The van der Waals surface area contributed by atoms with Crippen molar-refractivity contribution in [3.8, 4) is 5.75 Å². The van der Waals surface area contributed by atoms with Gasteiger partial charge in [-0.1, -0.05) is 66.2 Å². The van der Waals surface area contributed by atoms with Crippen molar-refractivity contribution in [2.24, 2.45) is 11.3 Å². The van der Waals surface area contributed by atoms with Gasteiger partial charge in [0.15, 0.2) is 11.5 Å². The van der Waals surface area contributed by atoms with E-state index in [-0.39, 0.29) is 16.7 Å². The molecule has 0 N–H and O–H groups in total. The van der Waals surface area contributed by atoms with Crippen LogP contribution in [-0.2, 0) is 15.3 Å². The van der Waals surface area contributed by atoms with Crippen molar-refractivity contribution in [3.63, 3.8) is 0 Å². The van der Waals surface area contributed by atoms with Crippen LogP contribution in [0.2, 0.25) is 0 Å². The lowest BCUT2D eigenvalue weighted by Crippen LogP contribution is -2.25. The molecule has 2 atom stereocenters. The predicted octanol–water partition coefficient (Wildman–Crippen LogP) is 6.84. The Morgan fingerprint density at radius 3 is 2.07 bits per heavy atom. The molecule has 0 saturated carbocycles. The van der Waals surface area contributed by atoms with Crippen LogP contribution < -0.4 is 4.89 Å². The molecule has 1 aliphatic carbocycles. The van der Waals surface area contributed by atoms with Crippen LogP contribution >= 0.6 is 0 Å². The molecular formula is C24H34O3. The number of hydrogen-bond donors (Lipinski definition) is 0. The smallest absolute Gasteiger partial charge is 0.177 e. The van der Waals surface area contributed by atoms with Gasteiger partial charge in [0.2, 0.25) is 0 Å². The number of aryl methyl sites for hydroxylation is 1. The van der Waals surface area contributed by atoms with Crippen molar-refractivity contribution in [1.29, 1.82) is 0 Å². The minimum Gasteiger partial charge on any atom is -0.303 e. The molecule has 1 aromatic carbocycles.